The van der Waals surface area contributed by atoms with Crippen molar-refractivity contribution in [3.8, 4) is 0 Å². The topological polar surface area (TPSA) is 52.7 Å². The average Bonchev–Trinajstić information content (AvgIpc) is 2.48. The van der Waals surface area contributed by atoms with Crippen molar-refractivity contribution in [2.75, 3.05) is 38.5 Å². The highest BCUT2D eigenvalue weighted by Gasteiger charge is 2.18. The molecule has 5 nitrogen and oxygen atoms in total. The number of hydrogen-bond donors (Lipinski definition) is 1. The first kappa shape index (κ1) is 21.5. The highest BCUT2D eigenvalue weighted by molar-refractivity contribution is 6.33. The van der Waals surface area contributed by atoms with Crippen LogP contribution in [0.15, 0.2) is 24.3 Å². The Morgan fingerprint density at radius 3 is 2.12 bits per heavy atom. The molecule has 0 aliphatic carbocycles. The van der Waals surface area contributed by atoms with Crippen molar-refractivity contribution in [3.63, 3.8) is 0 Å². The Kier molecular flexibility index (Phi) is 8.93. The molecule has 25 heavy (non-hydrogen) atoms. The molecule has 6 heteroatoms. The van der Waals surface area contributed by atoms with Gasteiger partial charge in [0, 0.05) is 20.1 Å². The van der Waals surface area contributed by atoms with Crippen LogP contribution in [0.4, 0.5) is 5.69 Å². The van der Waals surface area contributed by atoms with Crippen molar-refractivity contribution in [3.05, 3.63) is 29.3 Å². The van der Waals surface area contributed by atoms with Gasteiger partial charge in [-0.3, -0.25) is 14.5 Å². The van der Waals surface area contributed by atoms with Gasteiger partial charge >= 0.3 is 0 Å². The molecular formula is C19H30ClN3O2. The lowest BCUT2D eigenvalue weighted by Crippen LogP contribution is -2.43. The number of nitrogens with one attached hydrogen (secondary N) is 1. The van der Waals surface area contributed by atoms with E-state index in [1.54, 1.807) is 31.3 Å². The maximum absolute atomic E-state index is 12.4. The van der Waals surface area contributed by atoms with Gasteiger partial charge in [0.2, 0.25) is 11.8 Å². The van der Waals surface area contributed by atoms with Gasteiger partial charge in [-0.05, 0) is 24.0 Å². The lowest BCUT2D eigenvalue weighted by atomic mass is 10.1. The van der Waals surface area contributed by atoms with Crippen LogP contribution in [-0.4, -0.2) is 54.8 Å². The van der Waals surface area contributed by atoms with E-state index >= 15 is 0 Å². The second-order valence-electron chi connectivity index (χ2n) is 7.26. The Hall–Kier alpha value is -1.59. The molecule has 1 N–H and O–H groups in total. The first-order chi connectivity index (χ1) is 11.7. The van der Waals surface area contributed by atoms with Crippen LogP contribution in [0.3, 0.4) is 0 Å². The van der Waals surface area contributed by atoms with Gasteiger partial charge in [0.1, 0.15) is 0 Å². The van der Waals surface area contributed by atoms with E-state index in [1.165, 1.54) is 4.90 Å². The molecule has 0 unspecified atom stereocenters. The zero-order valence-corrected chi connectivity index (χ0v) is 16.6. The maximum atomic E-state index is 12.4. The second-order valence-corrected chi connectivity index (χ2v) is 7.67. The van der Waals surface area contributed by atoms with Gasteiger partial charge in [-0.15, -0.1) is 0 Å². The summed E-state index contributed by atoms with van der Waals surface area (Å²) in [5.74, 6) is 0.652. The number of carbonyl (C=O) groups excluding carboxylic acids is 2. The fourth-order valence-corrected chi connectivity index (χ4v) is 2.79. The predicted octanol–water partition coefficient (Wildman–Crippen LogP) is 3.35. The molecular weight excluding hydrogens is 338 g/mol. The number of para-hydroxylation sites is 1. The molecule has 0 atom stereocenters. The summed E-state index contributed by atoms with van der Waals surface area (Å²) in [6.07, 6.45) is 0. The minimum absolute atomic E-state index is 0.00124. The van der Waals surface area contributed by atoms with E-state index in [9.17, 15) is 9.59 Å². The van der Waals surface area contributed by atoms with E-state index in [4.69, 9.17) is 11.6 Å². The van der Waals surface area contributed by atoms with Gasteiger partial charge in [-0.25, -0.2) is 0 Å². The summed E-state index contributed by atoms with van der Waals surface area (Å²) >= 11 is 6.03. The molecule has 0 aromatic heterocycles. The molecule has 0 aliphatic heterocycles. The van der Waals surface area contributed by atoms with Crippen molar-refractivity contribution in [1.29, 1.82) is 0 Å². The Labute approximate surface area is 156 Å². The number of likely N-dealkylation sites (N-methyl/N-ethyl adjacent to an activating group) is 1. The molecule has 0 heterocycles. The molecule has 1 aromatic rings. The normalized spacial score (nSPS) is 11.2. The zero-order valence-electron chi connectivity index (χ0n) is 15.9. The van der Waals surface area contributed by atoms with Crippen LogP contribution in [0.1, 0.15) is 27.7 Å². The van der Waals surface area contributed by atoms with E-state index < -0.39 is 0 Å². The molecule has 1 aromatic carbocycles. The monoisotopic (exact) mass is 367 g/mol. The lowest BCUT2D eigenvalue weighted by Gasteiger charge is -2.27. The van der Waals surface area contributed by atoms with Crippen molar-refractivity contribution < 1.29 is 9.59 Å². The van der Waals surface area contributed by atoms with Crippen LogP contribution in [-0.2, 0) is 9.59 Å². The quantitative estimate of drug-likeness (QED) is 0.728. The molecule has 0 bridgehead atoms. The number of benzene rings is 1. The smallest absolute Gasteiger partial charge is 0.244 e. The summed E-state index contributed by atoms with van der Waals surface area (Å²) in [6, 6.07) is 7.04. The van der Waals surface area contributed by atoms with Crippen LogP contribution in [0.5, 0.6) is 0 Å². The number of halogens is 1. The van der Waals surface area contributed by atoms with Crippen molar-refractivity contribution in [2.24, 2.45) is 11.8 Å². The number of rotatable bonds is 9. The third kappa shape index (κ3) is 8.36. The summed E-state index contributed by atoms with van der Waals surface area (Å²) in [5, 5.41) is 3.21. The molecule has 2 amide bonds. The van der Waals surface area contributed by atoms with Gasteiger partial charge in [0.05, 0.1) is 23.8 Å². The highest BCUT2D eigenvalue weighted by atomic mass is 35.5. The standard InChI is InChI=1S/C19H30ClN3O2/c1-14(2)10-23(11-15(3)4)13-19(25)22(5)12-18(24)21-17-9-7-6-8-16(17)20/h6-9,14-15H,10-13H2,1-5H3,(H,21,24). The number of carbonyl (C=O) groups is 2. The highest BCUT2D eigenvalue weighted by Crippen LogP contribution is 2.20. The molecule has 0 spiro atoms. The van der Waals surface area contributed by atoms with Crippen LogP contribution in [0.25, 0.3) is 0 Å². The minimum atomic E-state index is -0.261. The van der Waals surface area contributed by atoms with E-state index in [-0.39, 0.29) is 18.4 Å². The van der Waals surface area contributed by atoms with Crippen molar-refractivity contribution >= 4 is 29.1 Å². The van der Waals surface area contributed by atoms with Crippen LogP contribution in [0.2, 0.25) is 5.02 Å². The molecule has 0 saturated heterocycles. The first-order valence-electron chi connectivity index (χ1n) is 8.69. The third-order valence-corrected chi connectivity index (χ3v) is 3.89. The maximum Gasteiger partial charge on any atom is 0.244 e. The van der Waals surface area contributed by atoms with E-state index in [0.717, 1.165) is 13.1 Å². The number of amides is 2. The second kappa shape index (κ2) is 10.4. The summed E-state index contributed by atoms with van der Waals surface area (Å²) < 4.78 is 0. The van der Waals surface area contributed by atoms with Gasteiger partial charge in [-0.1, -0.05) is 51.4 Å². The zero-order chi connectivity index (χ0) is 19.0. The fraction of sp³-hybridized carbons (Fsp3) is 0.579. The molecule has 140 valence electrons. The summed E-state index contributed by atoms with van der Waals surface area (Å²) in [5.41, 5.74) is 0.552. The van der Waals surface area contributed by atoms with Crippen LogP contribution < -0.4 is 5.32 Å². The van der Waals surface area contributed by atoms with Crippen molar-refractivity contribution in [2.45, 2.75) is 27.7 Å². The van der Waals surface area contributed by atoms with E-state index in [0.29, 0.717) is 29.1 Å². The minimum Gasteiger partial charge on any atom is -0.335 e. The molecule has 0 radical (unpaired) electrons. The van der Waals surface area contributed by atoms with Crippen LogP contribution >= 0.6 is 11.6 Å². The number of hydrogen-bond acceptors (Lipinski definition) is 3. The Morgan fingerprint density at radius 2 is 1.60 bits per heavy atom. The summed E-state index contributed by atoms with van der Waals surface area (Å²) in [6.45, 7) is 10.6. The lowest BCUT2D eigenvalue weighted by molar-refractivity contribution is -0.134. The average molecular weight is 368 g/mol. The van der Waals surface area contributed by atoms with Crippen LogP contribution in [0, 0.1) is 11.8 Å². The SMILES string of the molecule is CC(C)CN(CC(=O)N(C)CC(=O)Nc1ccccc1Cl)CC(C)C. The largest absolute Gasteiger partial charge is 0.335 e. The molecule has 0 aliphatic rings. The predicted molar refractivity (Wildman–Crippen MR) is 104 cm³/mol. The summed E-state index contributed by atoms with van der Waals surface area (Å²) in [4.78, 5) is 28.2. The first-order valence-corrected chi connectivity index (χ1v) is 9.07. The Bertz CT molecular complexity index is 566. The summed E-state index contributed by atoms with van der Waals surface area (Å²) in [7, 11) is 1.65. The van der Waals surface area contributed by atoms with Gasteiger partial charge < -0.3 is 10.2 Å². The van der Waals surface area contributed by atoms with E-state index in [2.05, 4.69) is 37.9 Å². The molecule has 0 fully saturated rings. The van der Waals surface area contributed by atoms with E-state index in [1.807, 2.05) is 0 Å². The Balaban J connectivity index is 2.56. The van der Waals surface area contributed by atoms with Gasteiger partial charge in [-0.2, -0.15) is 0 Å². The fourth-order valence-electron chi connectivity index (χ4n) is 2.60. The Morgan fingerprint density at radius 1 is 1.04 bits per heavy atom. The molecule has 1 rings (SSSR count). The third-order valence-electron chi connectivity index (χ3n) is 3.56. The number of anilines is 1. The number of nitrogens with zero attached hydrogens (tertiary/aromatic N) is 2. The molecule has 0 saturated carbocycles. The van der Waals surface area contributed by atoms with Crippen molar-refractivity contribution in [1.82, 2.24) is 9.80 Å². The van der Waals surface area contributed by atoms with Gasteiger partial charge in [0.15, 0.2) is 0 Å². The van der Waals surface area contributed by atoms with Gasteiger partial charge in [0.25, 0.3) is 0 Å².